The van der Waals surface area contributed by atoms with Crippen LogP contribution in [0.4, 0.5) is 5.69 Å². The minimum absolute atomic E-state index is 0.0202. The molecule has 1 aromatic rings. The van der Waals surface area contributed by atoms with Crippen LogP contribution < -0.4 is 4.74 Å². The molecule has 1 saturated carbocycles. The second-order valence-corrected chi connectivity index (χ2v) is 5.88. The van der Waals surface area contributed by atoms with E-state index in [-0.39, 0.29) is 18.4 Å². The minimum atomic E-state index is -0.455. The van der Waals surface area contributed by atoms with Crippen molar-refractivity contribution in [3.63, 3.8) is 0 Å². The first-order valence-corrected chi connectivity index (χ1v) is 7.39. The van der Waals surface area contributed by atoms with Gasteiger partial charge in [0.1, 0.15) is 12.3 Å². The van der Waals surface area contributed by atoms with Gasteiger partial charge in [0.05, 0.1) is 9.40 Å². The fourth-order valence-electron chi connectivity index (χ4n) is 2.40. The molecule has 0 atom stereocenters. The monoisotopic (exact) mass is 344 g/mol. The highest BCUT2D eigenvalue weighted by molar-refractivity contribution is 9.10. The average molecular weight is 345 g/mol. The van der Waals surface area contributed by atoms with E-state index in [0.717, 1.165) is 25.7 Å². The SMILES string of the molecule is Cc1c([N+](=O)[O-])cnc(OC2CCC(CO)CC2)c1Br. The Morgan fingerprint density at radius 3 is 2.70 bits per heavy atom. The highest BCUT2D eigenvalue weighted by Crippen LogP contribution is 2.34. The summed E-state index contributed by atoms with van der Waals surface area (Å²) in [4.78, 5) is 14.4. The molecule has 6 nitrogen and oxygen atoms in total. The van der Waals surface area contributed by atoms with Crippen molar-refractivity contribution in [3.8, 4) is 5.88 Å². The van der Waals surface area contributed by atoms with Crippen molar-refractivity contribution in [2.75, 3.05) is 6.61 Å². The fourth-order valence-corrected chi connectivity index (χ4v) is 2.80. The predicted molar refractivity (Wildman–Crippen MR) is 76.8 cm³/mol. The number of ether oxygens (including phenoxy) is 1. The van der Waals surface area contributed by atoms with Crippen LogP contribution in [0, 0.1) is 23.0 Å². The van der Waals surface area contributed by atoms with Crippen molar-refractivity contribution in [2.45, 2.75) is 38.7 Å². The maximum Gasteiger partial charge on any atom is 0.291 e. The lowest BCUT2D eigenvalue weighted by Crippen LogP contribution is -2.26. The summed E-state index contributed by atoms with van der Waals surface area (Å²) < 4.78 is 6.37. The number of hydrogen-bond donors (Lipinski definition) is 1. The molecular formula is C13H17BrN2O4. The summed E-state index contributed by atoms with van der Waals surface area (Å²) in [5.74, 6) is 0.769. The van der Waals surface area contributed by atoms with E-state index in [1.165, 1.54) is 6.20 Å². The fraction of sp³-hybridized carbons (Fsp3) is 0.615. The maximum absolute atomic E-state index is 10.8. The summed E-state index contributed by atoms with van der Waals surface area (Å²) in [6.45, 7) is 1.89. The van der Waals surface area contributed by atoms with Gasteiger partial charge < -0.3 is 9.84 Å². The summed E-state index contributed by atoms with van der Waals surface area (Å²) in [5, 5.41) is 19.9. The van der Waals surface area contributed by atoms with E-state index in [2.05, 4.69) is 20.9 Å². The van der Waals surface area contributed by atoms with Gasteiger partial charge in [0.15, 0.2) is 0 Å². The molecule has 0 bridgehead atoms. The lowest BCUT2D eigenvalue weighted by Gasteiger charge is -2.27. The van der Waals surface area contributed by atoms with Crippen LogP contribution in [-0.4, -0.2) is 27.7 Å². The summed E-state index contributed by atoms with van der Waals surface area (Å²) in [6.07, 6.45) is 4.90. The van der Waals surface area contributed by atoms with E-state index in [0.29, 0.717) is 21.8 Å². The molecule has 1 heterocycles. The van der Waals surface area contributed by atoms with Crippen LogP contribution in [0.2, 0.25) is 0 Å². The Morgan fingerprint density at radius 2 is 2.15 bits per heavy atom. The number of hydrogen-bond acceptors (Lipinski definition) is 5. The normalized spacial score (nSPS) is 22.6. The molecule has 0 radical (unpaired) electrons. The van der Waals surface area contributed by atoms with Crippen LogP contribution in [0.3, 0.4) is 0 Å². The molecule has 7 heteroatoms. The lowest BCUT2D eigenvalue weighted by atomic mass is 9.88. The van der Waals surface area contributed by atoms with E-state index < -0.39 is 4.92 Å². The molecule has 1 aliphatic rings. The third kappa shape index (κ3) is 3.27. The molecule has 20 heavy (non-hydrogen) atoms. The van der Waals surface area contributed by atoms with E-state index >= 15 is 0 Å². The third-order valence-corrected chi connectivity index (χ3v) is 4.67. The molecule has 2 rings (SSSR count). The van der Waals surface area contributed by atoms with E-state index in [1.807, 2.05) is 0 Å². The zero-order chi connectivity index (χ0) is 14.7. The van der Waals surface area contributed by atoms with E-state index in [9.17, 15) is 10.1 Å². The number of aliphatic hydroxyl groups excluding tert-OH is 1. The van der Waals surface area contributed by atoms with Crippen LogP contribution in [0.15, 0.2) is 10.7 Å². The summed E-state index contributed by atoms with van der Waals surface area (Å²) >= 11 is 3.32. The van der Waals surface area contributed by atoms with Gasteiger partial charge in [-0.25, -0.2) is 4.98 Å². The molecule has 1 aromatic heterocycles. The van der Waals surface area contributed by atoms with Crippen LogP contribution in [0.5, 0.6) is 5.88 Å². The molecule has 110 valence electrons. The van der Waals surface area contributed by atoms with Crippen molar-refractivity contribution in [3.05, 3.63) is 26.3 Å². The van der Waals surface area contributed by atoms with Crippen molar-refractivity contribution in [2.24, 2.45) is 5.92 Å². The van der Waals surface area contributed by atoms with Gasteiger partial charge in [-0.05, 0) is 54.5 Å². The number of nitrogens with zero attached hydrogens (tertiary/aromatic N) is 2. The van der Waals surface area contributed by atoms with Crippen molar-refractivity contribution in [1.82, 2.24) is 4.98 Å². The van der Waals surface area contributed by atoms with Crippen LogP contribution in [-0.2, 0) is 0 Å². The van der Waals surface area contributed by atoms with Gasteiger partial charge in [-0.2, -0.15) is 0 Å². The summed E-state index contributed by atoms with van der Waals surface area (Å²) in [6, 6.07) is 0. The minimum Gasteiger partial charge on any atom is -0.474 e. The van der Waals surface area contributed by atoms with Crippen LogP contribution >= 0.6 is 15.9 Å². The van der Waals surface area contributed by atoms with Crippen LogP contribution in [0.25, 0.3) is 0 Å². The summed E-state index contributed by atoms with van der Waals surface area (Å²) in [7, 11) is 0. The van der Waals surface area contributed by atoms with Gasteiger partial charge in [-0.1, -0.05) is 0 Å². The zero-order valence-electron chi connectivity index (χ0n) is 11.2. The van der Waals surface area contributed by atoms with Gasteiger partial charge >= 0.3 is 0 Å². The topological polar surface area (TPSA) is 85.5 Å². The Labute approximate surface area is 125 Å². The molecular weight excluding hydrogens is 328 g/mol. The highest BCUT2D eigenvalue weighted by atomic mass is 79.9. The number of pyridine rings is 1. The molecule has 1 aliphatic carbocycles. The Bertz CT molecular complexity index is 501. The second-order valence-electron chi connectivity index (χ2n) is 5.09. The van der Waals surface area contributed by atoms with Gasteiger partial charge in [0.25, 0.3) is 5.69 Å². The first kappa shape index (κ1) is 15.2. The van der Waals surface area contributed by atoms with Crippen LogP contribution in [0.1, 0.15) is 31.2 Å². The van der Waals surface area contributed by atoms with Gasteiger partial charge in [-0.3, -0.25) is 10.1 Å². The van der Waals surface area contributed by atoms with Gasteiger partial charge in [-0.15, -0.1) is 0 Å². The quantitative estimate of drug-likeness (QED) is 0.670. The molecule has 0 saturated heterocycles. The predicted octanol–water partition coefficient (Wildman–Crippen LogP) is 2.99. The average Bonchev–Trinajstić information content (AvgIpc) is 2.44. The standard InChI is InChI=1S/C13H17BrN2O4/c1-8-11(16(18)19)6-15-13(12(8)14)20-10-4-2-9(7-17)3-5-10/h6,9-10,17H,2-5,7H2,1H3. The number of aromatic nitrogens is 1. The third-order valence-electron chi connectivity index (χ3n) is 3.73. The number of halogens is 1. The van der Waals surface area contributed by atoms with Crippen molar-refractivity contribution < 1.29 is 14.8 Å². The molecule has 1 N–H and O–H groups in total. The highest BCUT2D eigenvalue weighted by Gasteiger charge is 2.24. The largest absolute Gasteiger partial charge is 0.474 e. The second kappa shape index (κ2) is 6.49. The summed E-state index contributed by atoms with van der Waals surface area (Å²) in [5.41, 5.74) is 0.497. The smallest absolute Gasteiger partial charge is 0.291 e. The number of aliphatic hydroxyl groups is 1. The maximum atomic E-state index is 10.8. The van der Waals surface area contributed by atoms with Crippen molar-refractivity contribution >= 4 is 21.6 Å². The zero-order valence-corrected chi connectivity index (χ0v) is 12.8. The van der Waals surface area contributed by atoms with Gasteiger partial charge in [0.2, 0.25) is 5.88 Å². The molecule has 0 unspecified atom stereocenters. The molecule has 0 amide bonds. The van der Waals surface area contributed by atoms with E-state index in [4.69, 9.17) is 9.84 Å². The number of rotatable bonds is 4. The molecule has 0 aliphatic heterocycles. The molecule has 1 fully saturated rings. The Balaban J connectivity index is 2.07. The lowest BCUT2D eigenvalue weighted by molar-refractivity contribution is -0.385. The van der Waals surface area contributed by atoms with E-state index in [1.54, 1.807) is 6.92 Å². The van der Waals surface area contributed by atoms with Gasteiger partial charge in [0, 0.05) is 12.2 Å². The van der Waals surface area contributed by atoms with Crippen molar-refractivity contribution in [1.29, 1.82) is 0 Å². The Hall–Kier alpha value is -1.21. The Kier molecular flexibility index (Phi) is 4.93. The molecule has 0 spiro atoms. The Morgan fingerprint density at radius 1 is 1.50 bits per heavy atom. The molecule has 0 aromatic carbocycles. The number of nitro groups is 1. The first-order valence-electron chi connectivity index (χ1n) is 6.60. The first-order chi connectivity index (χ1) is 9.52.